The van der Waals surface area contributed by atoms with Gasteiger partial charge in [0.25, 0.3) is 0 Å². The molecule has 0 fully saturated rings. The Morgan fingerprint density at radius 2 is 1.64 bits per heavy atom. The van der Waals surface area contributed by atoms with Gasteiger partial charge in [0.2, 0.25) is 0 Å². The second-order valence-electron chi connectivity index (χ2n) is 4.26. The molecule has 0 saturated heterocycles. The van der Waals surface area contributed by atoms with Crippen LogP contribution in [0.3, 0.4) is 0 Å². The van der Waals surface area contributed by atoms with Crippen molar-refractivity contribution in [3.05, 3.63) is 35.6 Å². The van der Waals surface area contributed by atoms with E-state index in [-0.39, 0.29) is 0 Å². The Bertz CT molecular complexity index is 254. The summed E-state index contributed by atoms with van der Waals surface area (Å²) in [4.78, 5) is 0. The molecule has 0 aliphatic carbocycles. The SMILES string of the molecule is C=C/C=C(\C(N)=C(/C)C(C)C)C(C)C. The van der Waals surface area contributed by atoms with Crippen LogP contribution in [-0.2, 0) is 0 Å². The van der Waals surface area contributed by atoms with Crippen molar-refractivity contribution in [1.82, 2.24) is 0 Å². The number of hydrogen-bond donors (Lipinski definition) is 1. The highest BCUT2D eigenvalue weighted by molar-refractivity contribution is 5.36. The average molecular weight is 193 g/mol. The minimum absolute atomic E-state index is 0.446. The topological polar surface area (TPSA) is 26.0 Å². The summed E-state index contributed by atoms with van der Waals surface area (Å²) in [6, 6.07) is 0. The molecule has 0 bridgehead atoms. The summed E-state index contributed by atoms with van der Waals surface area (Å²) < 4.78 is 0. The highest BCUT2D eigenvalue weighted by atomic mass is 14.6. The standard InChI is InChI=1S/C13H23N/c1-7-8-12(10(4)5)13(14)11(6)9(2)3/h7-10H,1,14H2,2-6H3/b12-8-,13-11-. The van der Waals surface area contributed by atoms with Crippen LogP contribution < -0.4 is 5.73 Å². The maximum atomic E-state index is 6.11. The van der Waals surface area contributed by atoms with Gasteiger partial charge in [0, 0.05) is 5.70 Å². The van der Waals surface area contributed by atoms with Gasteiger partial charge in [-0.3, -0.25) is 0 Å². The lowest BCUT2D eigenvalue weighted by molar-refractivity contribution is 0.726. The molecule has 0 aliphatic heterocycles. The van der Waals surface area contributed by atoms with Crippen LogP contribution in [0.25, 0.3) is 0 Å². The van der Waals surface area contributed by atoms with Crippen molar-refractivity contribution in [1.29, 1.82) is 0 Å². The van der Waals surface area contributed by atoms with E-state index in [1.54, 1.807) is 6.08 Å². The summed E-state index contributed by atoms with van der Waals surface area (Å²) in [6.07, 6.45) is 3.81. The van der Waals surface area contributed by atoms with Gasteiger partial charge in [-0.2, -0.15) is 0 Å². The molecule has 0 unspecified atom stereocenters. The Kier molecular flexibility index (Phi) is 5.29. The summed E-state index contributed by atoms with van der Waals surface area (Å²) in [6.45, 7) is 14.4. The molecular formula is C13H23N. The number of nitrogens with two attached hydrogens (primary N) is 1. The van der Waals surface area contributed by atoms with Gasteiger partial charge < -0.3 is 5.73 Å². The molecule has 0 aromatic carbocycles. The molecular weight excluding hydrogens is 170 g/mol. The van der Waals surface area contributed by atoms with Gasteiger partial charge in [-0.25, -0.2) is 0 Å². The van der Waals surface area contributed by atoms with Crippen molar-refractivity contribution in [2.24, 2.45) is 17.6 Å². The third kappa shape index (κ3) is 3.41. The zero-order chi connectivity index (χ0) is 11.3. The molecule has 0 rings (SSSR count). The Labute approximate surface area is 88.4 Å². The van der Waals surface area contributed by atoms with E-state index in [1.165, 1.54) is 11.1 Å². The Morgan fingerprint density at radius 1 is 1.14 bits per heavy atom. The lowest BCUT2D eigenvalue weighted by Gasteiger charge is -2.16. The highest BCUT2D eigenvalue weighted by Crippen LogP contribution is 2.22. The molecule has 0 aromatic rings. The van der Waals surface area contributed by atoms with Crippen molar-refractivity contribution in [2.75, 3.05) is 0 Å². The van der Waals surface area contributed by atoms with E-state index in [0.717, 1.165) is 5.70 Å². The molecule has 0 amide bonds. The van der Waals surface area contributed by atoms with E-state index in [1.807, 2.05) is 6.08 Å². The second kappa shape index (κ2) is 5.69. The molecule has 0 aromatic heterocycles. The zero-order valence-electron chi connectivity index (χ0n) is 10.1. The van der Waals surface area contributed by atoms with Gasteiger partial charge in [0.15, 0.2) is 0 Å². The molecule has 0 aliphatic rings. The fraction of sp³-hybridized carbons (Fsp3) is 0.538. The van der Waals surface area contributed by atoms with Crippen molar-refractivity contribution < 1.29 is 0 Å². The highest BCUT2D eigenvalue weighted by Gasteiger charge is 2.10. The first-order valence-electron chi connectivity index (χ1n) is 5.21. The normalized spacial score (nSPS) is 14.6. The summed E-state index contributed by atoms with van der Waals surface area (Å²) in [5, 5.41) is 0. The van der Waals surface area contributed by atoms with E-state index in [4.69, 9.17) is 5.73 Å². The van der Waals surface area contributed by atoms with E-state index in [9.17, 15) is 0 Å². The molecule has 2 N–H and O–H groups in total. The number of allylic oxidation sites excluding steroid dienone is 4. The van der Waals surface area contributed by atoms with Crippen molar-refractivity contribution >= 4 is 0 Å². The lowest BCUT2D eigenvalue weighted by atomic mass is 9.93. The van der Waals surface area contributed by atoms with E-state index < -0.39 is 0 Å². The predicted octanol–water partition coefficient (Wildman–Crippen LogP) is 3.64. The molecule has 1 heteroatoms. The van der Waals surface area contributed by atoms with Crippen LogP contribution in [-0.4, -0.2) is 0 Å². The van der Waals surface area contributed by atoms with E-state index in [2.05, 4.69) is 41.2 Å². The fourth-order valence-corrected chi connectivity index (χ4v) is 1.26. The third-order valence-electron chi connectivity index (χ3n) is 2.52. The first-order chi connectivity index (χ1) is 6.41. The smallest absolute Gasteiger partial charge is 0.0340 e. The predicted molar refractivity (Wildman–Crippen MR) is 64.8 cm³/mol. The number of rotatable bonds is 4. The summed E-state index contributed by atoms with van der Waals surface area (Å²) in [5.74, 6) is 0.948. The number of hydrogen-bond acceptors (Lipinski definition) is 1. The summed E-state index contributed by atoms with van der Waals surface area (Å²) in [5.41, 5.74) is 9.48. The van der Waals surface area contributed by atoms with Crippen LogP contribution in [0, 0.1) is 11.8 Å². The molecule has 0 atom stereocenters. The quantitative estimate of drug-likeness (QED) is 0.678. The first-order valence-corrected chi connectivity index (χ1v) is 5.21. The minimum Gasteiger partial charge on any atom is -0.399 e. The van der Waals surface area contributed by atoms with Crippen LogP contribution in [0.2, 0.25) is 0 Å². The Balaban J connectivity index is 5.14. The van der Waals surface area contributed by atoms with Crippen molar-refractivity contribution in [3.8, 4) is 0 Å². The molecule has 0 saturated carbocycles. The molecule has 1 nitrogen and oxygen atoms in total. The largest absolute Gasteiger partial charge is 0.399 e. The second-order valence-corrected chi connectivity index (χ2v) is 4.26. The van der Waals surface area contributed by atoms with Crippen LogP contribution >= 0.6 is 0 Å². The first kappa shape index (κ1) is 13.0. The molecule has 80 valence electrons. The van der Waals surface area contributed by atoms with Crippen LogP contribution in [0.1, 0.15) is 34.6 Å². The molecule has 14 heavy (non-hydrogen) atoms. The molecule has 0 heterocycles. The van der Waals surface area contributed by atoms with Gasteiger partial charge in [-0.05, 0) is 29.9 Å². The van der Waals surface area contributed by atoms with Crippen molar-refractivity contribution in [3.63, 3.8) is 0 Å². The van der Waals surface area contributed by atoms with Gasteiger partial charge >= 0.3 is 0 Å². The maximum absolute atomic E-state index is 6.11. The zero-order valence-corrected chi connectivity index (χ0v) is 10.1. The maximum Gasteiger partial charge on any atom is 0.0340 e. The summed E-state index contributed by atoms with van der Waals surface area (Å²) in [7, 11) is 0. The Morgan fingerprint density at radius 3 is 1.93 bits per heavy atom. The van der Waals surface area contributed by atoms with Crippen LogP contribution in [0.4, 0.5) is 0 Å². The lowest BCUT2D eigenvalue weighted by Crippen LogP contribution is -2.11. The van der Waals surface area contributed by atoms with E-state index in [0.29, 0.717) is 11.8 Å². The van der Waals surface area contributed by atoms with Crippen LogP contribution in [0.15, 0.2) is 35.6 Å². The van der Waals surface area contributed by atoms with Gasteiger partial charge in [-0.1, -0.05) is 46.4 Å². The minimum atomic E-state index is 0.446. The van der Waals surface area contributed by atoms with Crippen molar-refractivity contribution in [2.45, 2.75) is 34.6 Å². The van der Waals surface area contributed by atoms with Gasteiger partial charge in [-0.15, -0.1) is 0 Å². The van der Waals surface area contributed by atoms with Gasteiger partial charge in [0.1, 0.15) is 0 Å². The van der Waals surface area contributed by atoms with Gasteiger partial charge in [0.05, 0.1) is 0 Å². The molecule has 0 spiro atoms. The third-order valence-corrected chi connectivity index (χ3v) is 2.52. The monoisotopic (exact) mass is 193 g/mol. The summed E-state index contributed by atoms with van der Waals surface area (Å²) >= 11 is 0. The molecule has 0 radical (unpaired) electrons. The van der Waals surface area contributed by atoms with E-state index >= 15 is 0 Å². The Hall–Kier alpha value is -0.980. The fourth-order valence-electron chi connectivity index (χ4n) is 1.26. The van der Waals surface area contributed by atoms with Crippen LogP contribution in [0.5, 0.6) is 0 Å². The average Bonchev–Trinajstić information content (AvgIpc) is 2.11.